The lowest BCUT2D eigenvalue weighted by Crippen LogP contribution is -2.39. The zero-order chi connectivity index (χ0) is 15.4. The van der Waals surface area contributed by atoms with Gasteiger partial charge in [0.25, 0.3) is 0 Å². The first kappa shape index (κ1) is 16.4. The number of hydrogen-bond donors (Lipinski definition) is 2. The summed E-state index contributed by atoms with van der Waals surface area (Å²) in [6, 6.07) is 3.71. The molecule has 1 fully saturated rings. The van der Waals surface area contributed by atoms with Crippen molar-refractivity contribution >= 4 is 40.5 Å². The average molecular weight is 330 g/mol. The number of amides is 1. The van der Waals surface area contributed by atoms with Gasteiger partial charge in [0.2, 0.25) is 5.91 Å². The quantitative estimate of drug-likeness (QED) is 0.826. The highest BCUT2D eigenvalue weighted by Crippen LogP contribution is 2.32. The van der Waals surface area contributed by atoms with Gasteiger partial charge in [-0.25, -0.2) is 0 Å². The third kappa shape index (κ3) is 4.50. The molecule has 1 aromatic rings. The summed E-state index contributed by atoms with van der Waals surface area (Å²) in [6.45, 7) is 4.04. The molecule has 0 saturated carbocycles. The van der Waals surface area contributed by atoms with Crippen LogP contribution >= 0.6 is 23.2 Å². The number of likely N-dealkylation sites (tertiary alicyclic amines) is 1. The average Bonchev–Trinajstić information content (AvgIpc) is 2.42. The van der Waals surface area contributed by atoms with Crippen LogP contribution in [-0.2, 0) is 4.79 Å². The van der Waals surface area contributed by atoms with Gasteiger partial charge in [-0.2, -0.15) is 0 Å². The van der Waals surface area contributed by atoms with Gasteiger partial charge in [0.1, 0.15) is 0 Å². The number of nitrogens with one attached hydrogen (secondary N) is 1. The molecule has 116 valence electrons. The van der Waals surface area contributed by atoms with Crippen molar-refractivity contribution < 1.29 is 4.79 Å². The van der Waals surface area contributed by atoms with Crippen molar-refractivity contribution in [2.24, 2.45) is 0 Å². The van der Waals surface area contributed by atoms with Gasteiger partial charge in [0, 0.05) is 24.7 Å². The van der Waals surface area contributed by atoms with E-state index in [9.17, 15) is 4.79 Å². The van der Waals surface area contributed by atoms with E-state index in [2.05, 4.69) is 17.1 Å². The van der Waals surface area contributed by atoms with Crippen LogP contribution in [0.1, 0.15) is 32.6 Å². The van der Waals surface area contributed by atoms with Gasteiger partial charge < -0.3 is 16.0 Å². The maximum Gasteiger partial charge on any atom is 0.225 e. The summed E-state index contributed by atoms with van der Waals surface area (Å²) in [5, 5.41) is 3.50. The highest BCUT2D eigenvalue weighted by Gasteiger charge is 2.19. The smallest absolute Gasteiger partial charge is 0.225 e. The molecule has 1 amide bonds. The van der Waals surface area contributed by atoms with Crippen LogP contribution in [0.25, 0.3) is 0 Å². The predicted octanol–water partition coefficient (Wildman–Crippen LogP) is 3.78. The van der Waals surface area contributed by atoms with Crippen molar-refractivity contribution in [3.05, 3.63) is 22.2 Å². The third-order valence-corrected chi connectivity index (χ3v) is 4.49. The normalized spacial score (nSPS) is 19.5. The lowest BCUT2D eigenvalue weighted by molar-refractivity contribution is -0.116. The number of carbonyl (C=O) groups excluding carboxylic acids is 1. The lowest BCUT2D eigenvalue weighted by Gasteiger charge is -2.33. The Balaban J connectivity index is 1.90. The van der Waals surface area contributed by atoms with Crippen LogP contribution in [0, 0.1) is 0 Å². The Kier molecular flexibility index (Phi) is 5.73. The Morgan fingerprint density at radius 3 is 2.67 bits per heavy atom. The molecule has 3 N–H and O–H groups in total. The van der Waals surface area contributed by atoms with E-state index >= 15 is 0 Å². The number of rotatable bonds is 4. The Hall–Kier alpha value is -0.970. The van der Waals surface area contributed by atoms with Crippen LogP contribution in [0.3, 0.4) is 0 Å². The first-order valence-corrected chi connectivity index (χ1v) is 8.01. The van der Waals surface area contributed by atoms with Crippen molar-refractivity contribution in [3.63, 3.8) is 0 Å². The van der Waals surface area contributed by atoms with Gasteiger partial charge in [-0.1, -0.05) is 29.6 Å². The molecule has 0 radical (unpaired) electrons. The van der Waals surface area contributed by atoms with Crippen molar-refractivity contribution in [1.82, 2.24) is 4.90 Å². The SMILES string of the molecule is CC1CCCCN1CCC(=O)Nc1c(Cl)cc(N)cc1Cl. The van der Waals surface area contributed by atoms with Crippen LogP contribution < -0.4 is 11.1 Å². The molecule has 1 aliphatic rings. The van der Waals surface area contributed by atoms with E-state index in [4.69, 9.17) is 28.9 Å². The highest BCUT2D eigenvalue weighted by atomic mass is 35.5. The molecule has 4 nitrogen and oxygen atoms in total. The van der Waals surface area contributed by atoms with Crippen molar-refractivity contribution in [3.8, 4) is 0 Å². The third-order valence-electron chi connectivity index (χ3n) is 3.90. The molecule has 0 aliphatic carbocycles. The number of carbonyl (C=O) groups is 1. The number of hydrogen-bond acceptors (Lipinski definition) is 3. The Labute approximate surface area is 135 Å². The predicted molar refractivity (Wildman–Crippen MR) is 89.0 cm³/mol. The van der Waals surface area contributed by atoms with E-state index in [1.807, 2.05) is 0 Å². The zero-order valence-corrected chi connectivity index (χ0v) is 13.7. The number of nitrogen functional groups attached to an aromatic ring is 1. The molecule has 21 heavy (non-hydrogen) atoms. The van der Waals surface area contributed by atoms with Crippen molar-refractivity contribution in [1.29, 1.82) is 0 Å². The highest BCUT2D eigenvalue weighted by molar-refractivity contribution is 6.40. The molecule has 0 bridgehead atoms. The minimum absolute atomic E-state index is 0.0821. The molecule has 0 spiro atoms. The molecular formula is C15H21Cl2N3O. The van der Waals surface area contributed by atoms with E-state index < -0.39 is 0 Å². The van der Waals surface area contributed by atoms with Gasteiger partial charge in [-0.3, -0.25) is 4.79 Å². The van der Waals surface area contributed by atoms with Gasteiger partial charge in [-0.05, 0) is 38.4 Å². The van der Waals surface area contributed by atoms with Crippen LogP contribution in [0.4, 0.5) is 11.4 Å². The van der Waals surface area contributed by atoms with Gasteiger partial charge in [0.05, 0.1) is 15.7 Å². The van der Waals surface area contributed by atoms with E-state index in [0.29, 0.717) is 33.9 Å². The fourth-order valence-corrected chi connectivity index (χ4v) is 3.25. The lowest BCUT2D eigenvalue weighted by atomic mass is 10.0. The number of piperidine rings is 1. The minimum atomic E-state index is -0.0821. The summed E-state index contributed by atoms with van der Waals surface area (Å²) >= 11 is 12.1. The molecule has 1 heterocycles. The first-order chi connectivity index (χ1) is 9.97. The fraction of sp³-hybridized carbons (Fsp3) is 0.533. The molecule has 1 unspecified atom stereocenters. The molecule has 0 aromatic heterocycles. The van der Waals surface area contributed by atoms with Crippen molar-refractivity contribution in [2.75, 3.05) is 24.1 Å². The topological polar surface area (TPSA) is 58.4 Å². The summed E-state index contributed by atoms with van der Waals surface area (Å²) in [4.78, 5) is 14.4. The van der Waals surface area contributed by atoms with E-state index in [1.165, 1.54) is 19.3 Å². The minimum Gasteiger partial charge on any atom is -0.399 e. The van der Waals surface area contributed by atoms with E-state index in [0.717, 1.165) is 13.1 Å². The standard InChI is InChI=1S/C15H21Cl2N3O/c1-10-4-2-3-6-20(10)7-5-14(21)19-15-12(16)8-11(18)9-13(15)17/h8-10H,2-7,18H2,1H3,(H,19,21). The maximum absolute atomic E-state index is 12.1. The number of anilines is 2. The second-order valence-electron chi connectivity index (χ2n) is 5.54. The largest absolute Gasteiger partial charge is 0.399 e. The second kappa shape index (κ2) is 7.34. The molecular weight excluding hydrogens is 309 g/mol. The fourth-order valence-electron chi connectivity index (χ4n) is 2.65. The molecule has 2 rings (SSSR count). The number of halogens is 2. The molecule has 1 aliphatic heterocycles. The van der Waals surface area contributed by atoms with E-state index in [-0.39, 0.29) is 5.91 Å². The summed E-state index contributed by atoms with van der Waals surface area (Å²) in [7, 11) is 0. The Morgan fingerprint density at radius 1 is 1.38 bits per heavy atom. The molecule has 1 aromatic carbocycles. The number of nitrogens with zero attached hydrogens (tertiary/aromatic N) is 1. The second-order valence-corrected chi connectivity index (χ2v) is 6.35. The van der Waals surface area contributed by atoms with Crippen LogP contribution in [0.5, 0.6) is 0 Å². The van der Waals surface area contributed by atoms with Crippen LogP contribution in [0.15, 0.2) is 12.1 Å². The monoisotopic (exact) mass is 329 g/mol. The number of nitrogens with two attached hydrogens (primary N) is 1. The Bertz CT molecular complexity index is 499. The molecule has 1 atom stereocenters. The first-order valence-electron chi connectivity index (χ1n) is 7.26. The van der Waals surface area contributed by atoms with Gasteiger partial charge in [0.15, 0.2) is 0 Å². The van der Waals surface area contributed by atoms with Crippen molar-refractivity contribution in [2.45, 2.75) is 38.6 Å². The Morgan fingerprint density at radius 2 is 2.05 bits per heavy atom. The van der Waals surface area contributed by atoms with Crippen LogP contribution in [0.2, 0.25) is 10.0 Å². The molecule has 6 heteroatoms. The van der Waals surface area contributed by atoms with Crippen LogP contribution in [-0.4, -0.2) is 29.9 Å². The van der Waals surface area contributed by atoms with E-state index in [1.54, 1.807) is 12.1 Å². The summed E-state index contributed by atoms with van der Waals surface area (Å²) in [5.74, 6) is -0.0821. The maximum atomic E-state index is 12.1. The summed E-state index contributed by atoms with van der Waals surface area (Å²) in [5.41, 5.74) is 6.55. The van der Waals surface area contributed by atoms with Gasteiger partial charge >= 0.3 is 0 Å². The molecule has 1 saturated heterocycles. The zero-order valence-electron chi connectivity index (χ0n) is 12.2. The van der Waals surface area contributed by atoms with Gasteiger partial charge in [-0.15, -0.1) is 0 Å². The summed E-state index contributed by atoms with van der Waals surface area (Å²) in [6.07, 6.45) is 4.13. The summed E-state index contributed by atoms with van der Waals surface area (Å²) < 4.78 is 0. The number of benzene rings is 1.